The summed E-state index contributed by atoms with van der Waals surface area (Å²) in [6.07, 6.45) is 0.914. The van der Waals surface area contributed by atoms with Gasteiger partial charge in [-0.15, -0.1) is 0 Å². The van der Waals surface area contributed by atoms with E-state index in [1.807, 2.05) is 25.7 Å². The Balaban J connectivity index is 2.26. The smallest absolute Gasteiger partial charge is 0.0738 e. The molecule has 0 radical (unpaired) electrons. The number of hydrogen-bond acceptors (Lipinski definition) is 2. The van der Waals surface area contributed by atoms with Crippen LogP contribution in [0.5, 0.6) is 0 Å². The molecule has 19 heavy (non-hydrogen) atoms. The number of aryl methyl sites for hydroxylation is 3. The maximum atomic E-state index is 4.45. The second-order valence-electron chi connectivity index (χ2n) is 4.93. The number of aromatic nitrogens is 2. The molecule has 0 spiro atoms. The summed E-state index contributed by atoms with van der Waals surface area (Å²) in [4.78, 5) is 0. The molecule has 1 aromatic heterocycles. The first-order valence-corrected chi connectivity index (χ1v) is 7.24. The van der Waals surface area contributed by atoms with Gasteiger partial charge in [0.15, 0.2) is 0 Å². The molecule has 0 aliphatic rings. The van der Waals surface area contributed by atoms with E-state index in [9.17, 15) is 0 Å². The molecule has 0 amide bonds. The number of hydrogen-bond donors (Lipinski definition) is 1. The molecular formula is C15H20BrN3. The van der Waals surface area contributed by atoms with Crippen LogP contribution in [0, 0.1) is 13.8 Å². The summed E-state index contributed by atoms with van der Waals surface area (Å²) in [6.45, 7) is 4.13. The van der Waals surface area contributed by atoms with Crippen molar-refractivity contribution in [2.75, 3.05) is 7.05 Å². The second-order valence-corrected chi connectivity index (χ2v) is 5.72. The van der Waals surface area contributed by atoms with Crippen molar-refractivity contribution < 1.29 is 0 Å². The monoisotopic (exact) mass is 321 g/mol. The summed E-state index contributed by atoms with van der Waals surface area (Å²) < 4.78 is 3.07. The molecule has 3 nitrogen and oxygen atoms in total. The average molecular weight is 322 g/mol. The van der Waals surface area contributed by atoms with Crippen LogP contribution in [0.3, 0.4) is 0 Å². The van der Waals surface area contributed by atoms with Gasteiger partial charge in [0.1, 0.15) is 0 Å². The standard InChI is InChI=1S/C15H20BrN3/c1-10-5-7-12(8-6-10)13(17-3)9-14-15(16)11(2)18-19(14)4/h5-8,13,17H,9H2,1-4H3. The molecule has 102 valence electrons. The van der Waals surface area contributed by atoms with Crippen LogP contribution in [0.2, 0.25) is 0 Å². The van der Waals surface area contributed by atoms with Gasteiger partial charge in [0.25, 0.3) is 0 Å². The van der Waals surface area contributed by atoms with E-state index in [2.05, 4.69) is 57.5 Å². The highest BCUT2D eigenvalue weighted by Crippen LogP contribution is 2.26. The number of benzene rings is 1. The molecule has 1 N–H and O–H groups in total. The van der Waals surface area contributed by atoms with Crippen LogP contribution in [-0.4, -0.2) is 16.8 Å². The van der Waals surface area contributed by atoms with Crippen molar-refractivity contribution in [2.24, 2.45) is 7.05 Å². The van der Waals surface area contributed by atoms with Crippen molar-refractivity contribution >= 4 is 15.9 Å². The Morgan fingerprint density at radius 2 is 1.89 bits per heavy atom. The van der Waals surface area contributed by atoms with Crippen LogP contribution in [0.1, 0.15) is 28.6 Å². The van der Waals surface area contributed by atoms with Crippen LogP contribution in [-0.2, 0) is 13.5 Å². The zero-order chi connectivity index (χ0) is 14.0. The normalized spacial score (nSPS) is 12.7. The van der Waals surface area contributed by atoms with Gasteiger partial charge in [-0.1, -0.05) is 29.8 Å². The van der Waals surface area contributed by atoms with Gasteiger partial charge in [0, 0.05) is 19.5 Å². The molecule has 0 aliphatic carbocycles. The quantitative estimate of drug-likeness (QED) is 0.936. The van der Waals surface area contributed by atoms with Gasteiger partial charge in [0.05, 0.1) is 15.9 Å². The lowest BCUT2D eigenvalue weighted by atomic mass is 10.0. The Kier molecular flexibility index (Phi) is 4.42. The minimum atomic E-state index is 0.298. The van der Waals surface area contributed by atoms with E-state index < -0.39 is 0 Å². The fourth-order valence-corrected chi connectivity index (χ4v) is 2.78. The molecule has 1 heterocycles. The Hall–Kier alpha value is -1.13. The van der Waals surface area contributed by atoms with Crippen molar-refractivity contribution in [2.45, 2.75) is 26.3 Å². The maximum absolute atomic E-state index is 4.45. The van der Waals surface area contributed by atoms with E-state index in [4.69, 9.17) is 0 Å². The number of halogens is 1. The molecule has 2 aromatic rings. The first kappa shape index (κ1) is 14.3. The van der Waals surface area contributed by atoms with Crippen molar-refractivity contribution in [3.8, 4) is 0 Å². The molecule has 0 saturated heterocycles. The van der Waals surface area contributed by atoms with Crippen LogP contribution in [0.15, 0.2) is 28.7 Å². The number of nitrogens with one attached hydrogen (secondary N) is 1. The van der Waals surface area contributed by atoms with Gasteiger partial charge >= 0.3 is 0 Å². The van der Waals surface area contributed by atoms with E-state index in [-0.39, 0.29) is 0 Å². The molecular weight excluding hydrogens is 302 g/mol. The Labute approximate surface area is 123 Å². The van der Waals surface area contributed by atoms with Crippen LogP contribution in [0.4, 0.5) is 0 Å². The Morgan fingerprint density at radius 1 is 1.26 bits per heavy atom. The van der Waals surface area contributed by atoms with Gasteiger partial charge < -0.3 is 5.32 Å². The predicted octanol–water partition coefficient (Wildman–Crippen LogP) is 3.30. The van der Waals surface area contributed by atoms with E-state index in [1.165, 1.54) is 16.8 Å². The van der Waals surface area contributed by atoms with Gasteiger partial charge in [0.2, 0.25) is 0 Å². The fourth-order valence-electron chi connectivity index (χ4n) is 2.28. The molecule has 0 aliphatic heterocycles. The lowest BCUT2D eigenvalue weighted by Crippen LogP contribution is -2.20. The first-order chi connectivity index (χ1) is 9.02. The molecule has 0 saturated carbocycles. The fraction of sp³-hybridized carbons (Fsp3) is 0.400. The molecule has 0 bridgehead atoms. The third kappa shape index (κ3) is 3.07. The van der Waals surface area contributed by atoms with Gasteiger partial charge in [-0.2, -0.15) is 5.10 Å². The van der Waals surface area contributed by atoms with E-state index >= 15 is 0 Å². The SMILES string of the molecule is CNC(Cc1c(Br)c(C)nn1C)c1ccc(C)cc1. The zero-order valence-electron chi connectivity index (χ0n) is 11.9. The van der Waals surface area contributed by atoms with Crippen molar-refractivity contribution in [1.82, 2.24) is 15.1 Å². The highest BCUT2D eigenvalue weighted by atomic mass is 79.9. The summed E-state index contributed by atoms with van der Waals surface area (Å²) in [5.41, 5.74) is 4.85. The molecule has 2 rings (SSSR count). The van der Waals surface area contributed by atoms with E-state index in [1.54, 1.807) is 0 Å². The van der Waals surface area contributed by atoms with E-state index in [0.717, 1.165) is 16.6 Å². The molecule has 0 fully saturated rings. The summed E-state index contributed by atoms with van der Waals surface area (Å²) in [6, 6.07) is 8.99. The molecule has 4 heteroatoms. The van der Waals surface area contributed by atoms with E-state index in [0.29, 0.717) is 6.04 Å². The van der Waals surface area contributed by atoms with Crippen molar-refractivity contribution in [3.63, 3.8) is 0 Å². The lowest BCUT2D eigenvalue weighted by molar-refractivity contribution is 0.560. The number of likely N-dealkylation sites (N-methyl/N-ethyl adjacent to an activating group) is 1. The van der Waals surface area contributed by atoms with Crippen molar-refractivity contribution in [3.05, 3.63) is 51.3 Å². The van der Waals surface area contributed by atoms with Gasteiger partial charge in [-0.3, -0.25) is 4.68 Å². The highest BCUT2D eigenvalue weighted by Gasteiger charge is 2.16. The summed E-state index contributed by atoms with van der Waals surface area (Å²) in [7, 11) is 4.00. The summed E-state index contributed by atoms with van der Waals surface area (Å²) in [5, 5.41) is 7.84. The van der Waals surface area contributed by atoms with Gasteiger partial charge in [-0.05, 0) is 42.4 Å². The van der Waals surface area contributed by atoms with Crippen LogP contribution < -0.4 is 5.32 Å². The Bertz CT molecular complexity index is 558. The number of nitrogens with zero attached hydrogens (tertiary/aromatic N) is 2. The van der Waals surface area contributed by atoms with Gasteiger partial charge in [-0.25, -0.2) is 0 Å². The Morgan fingerprint density at radius 3 is 2.37 bits per heavy atom. The molecule has 1 unspecified atom stereocenters. The minimum Gasteiger partial charge on any atom is -0.313 e. The predicted molar refractivity (Wildman–Crippen MR) is 82.3 cm³/mol. The lowest BCUT2D eigenvalue weighted by Gasteiger charge is -2.17. The number of rotatable bonds is 4. The highest BCUT2D eigenvalue weighted by molar-refractivity contribution is 9.10. The topological polar surface area (TPSA) is 29.9 Å². The molecule has 1 aromatic carbocycles. The zero-order valence-corrected chi connectivity index (χ0v) is 13.5. The third-order valence-electron chi connectivity index (χ3n) is 3.49. The van der Waals surface area contributed by atoms with Crippen LogP contribution in [0.25, 0.3) is 0 Å². The summed E-state index contributed by atoms with van der Waals surface area (Å²) >= 11 is 3.63. The average Bonchev–Trinajstić information content (AvgIpc) is 2.63. The largest absolute Gasteiger partial charge is 0.313 e. The maximum Gasteiger partial charge on any atom is 0.0738 e. The first-order valence-electron chi connectivity index (χ1n) is 6.44. The molecule has 1 atom stereocenters. The second kappa shape index (κ2) is 5.88. The minimum absolute atomic E-state index is 0.298. The van der Waals surface area contributed by atoms with Crippen molar-refractivity contribution in [1.29, 1.82) is 0 Å². The summed E-state index contributed by atoms with van der Waals surface area (Å²) in [5.74, 6) is 0. The van der Waals surface area contributed by atoms with Crippen LogP contribution >= 0.6 is 15.9 Å². The third-order valence-corrected chi connectivity index (χ3v) is 4.52.